The van der Waals surface area contributed by atoms with E-state index in [0.717, 1.165) is 4.47 Å². The van der Waals surface area contributed by atoms with Crippen molar-refractivity contribution in [2.24, 2.45) is 0 Å². The van der Waals surface area contributed by atoms with Crippen LogP contribution in [0.5, 0.6) is 0 Å². The maximum Gasteiger partial charge on any atom is 0.255 e. The molecule has 116 valence electrons. The number of nitrogens with zero attached hydrogens (tertiary/aromatic N) is 1. The third kappa shape index (κ3) is 5.79. The Labute approximate surface area is 142 Å². The molecule has 0 aliphatic heterocycles. The number of hydrogen-bond donors (Lipinski definition) is 1. The summed E-state index contributed by atoms with van der Waals surface area (Å²) in [4.78, 5) is 26.1. The number of carbonyl (C=O) groups excluding carboxylic acids is 2. The summed E-state index contributed by atoms with van der Waals surface area (Å²) in [6.07, 6.45) is 0. The first-order chi connectivity index (χ1) is 9.64. The summed E-state index contributed by atoms with van der Waals surface area (Å²) >= 11 is 6.73. The van der Waals surface area contributed by atoms with Crippen LogP contribution in [-0.2, 0) is 4.79 Å². The zero-order chi connectivity index (χ0) is 16.2. The summed E-state index contributed by atoms with van der Waals surface area (Å²) in [5, 5.41) is 2.86. The van der Waals surface area contributed by atoms with Gasteiger partial charge in [-0.15, -0.1) is 0 Å². The van der Waals surface area contributed by atoms with Crippen molar-refractivity contribution in [3.8, 4) is 0 Å². The standard InChI is InChI=1S/C15H20Br2N2O2/c1-5-19(9-13(20)18-15(2,3)4)14(21)11-8-10(16)6-7-12(11)17/h6-8H,5,9H2,1-4H3,(H,18,20). The Balaban J connectivity index is 2.87. The second-order valence-electron chi connectivity index (χ2n) is 5.74. The molecule has 0 unspecified atom stereocenters. The molecular formula is C15H20Br2N2O2. The minimum absolute atomic E-state index is 0.0472. The highest BCUT2D eigenvalue weighted by Gasteiger charge is 2.21. The van der Waals surface area contributed by atoms with Gasteiger partial charge in [0.05, 0.1) is 12.1 Å². The summed E-state index contributed by atoms with van der Waals surface area (Å²) in [7, 11) is 0. The molecule has 1 rings (SSSR count). The monoisotopic (exact) mass is 418 g/mol. The molecule has 0 spiro atoms. The van der Waals surface area contributed by atoms with E-state index in [9.17, 15) is 9.59 Å². The molecule has 0 saturated carbocycles. The Hall–Kier alpha value is -0.880. The molecule has 21 heavy (non-hydrogen) atoms. The highest BCUT2D eigenvalue weighted by atomic mass is 79.9. The van der Waals surface area contributed by atoms with Crippen molar-refractivity contribution in [3.05, 3.63) is 32.7 Å². The summed E-state index contributed by atoms with van der Waals surface area (Å²) in [5.74, 6) is -0.335. The van der Waals surface area contributed by atoms with Gasteiger partial charge in [0.1, 0.15) is 0 Å². The first-order valence-electron chi connectivity index (χ1n) is 6.69. The molecule has 0 fully saturated rings. The summed E-state index contributed by atoms with van der Waals surface area (Å²) in [5.41, 5.74) is 0.227. The van der Waals surface area contributed by atoms with Crippen molar-refractivity contribution < 1.29 is 9.59 Å². The van der Waals surface area contributed by atoms with Crippen molar-refractivity contribution in [1.29, 1.82) is 0 Å². The smallest absolute Gasteiger partial charge is 0.255 e. The van der Waals surface area contributed by atoms with E-state index in [1.54, 1.807) is 12.1 Å². The molecule has 6 heteroatoms. The Bertz CT molecular complexity index is 539. The zero-order valence-electron chi connectivity index (χ0n) is 12.7. The van der Waals surface area contributed by atoms with Gasteiger partial charge in [0.25, 0.3) is 5.91 Å². The van der Waals surface area contributed by atoms with Crippen LogP contribution in [0, 0.1) is 0 Å². The fourth-order valence-electron chi connectivity index (χ4n) is 1.79. The van der Waals surface area contributed by atoms with E-state index in [-0.39, 0.29) is 23.9 Å². The topological polar surface area (TPSA) is 49.4 Å². The van der Waals surface area contributed by atoms with Gasteiger partial charge in [-0.3, -0.25) is 9.59 Å². The molecule has 1 aromatic rings. The van der Waals surface area contributed by atoms with Crippen LogP contribution in [0.2, 0.25) is 0 Å². The SMILES string of the molecule is CCN(CC(=O)NC(C)(C)C)C(=O)c1cc(Br)ccc1Br. The average molecular weight is 420 g/mol. The van der Waals surface area contributed by atoms with E-state index < -0.39 is 0 Å². The van der Waals surface area contributed by atoms with Gasteiger partial charge in [-0.1, -0.05) is 15.9 Å². The van der Waals surface area contributed by atoms with Crippen molar-refractivity contribution >= 4 is 43.7 Å². The van der Waals surface area contributed by atoms with Gasteiger partial charge in [0.2, 0.25) is 5.91 Å². The van der Waals surface area contributed by atoms with Gasteiger partial charge < -0.3 is 10.2 Å². The van der Waals surface area contributed by atoms with Crippen LogP contribution in [-0.4, -0.2) is 35.3 Å². The van der Waals surface area contributed by atoms with Gasteiger partial charge in [-0.05, 0) is 61.8 Å². The summed E-state index contributed by atoms with van der Waals surface area (Å²) in [6.45, 7) is 8.10. The highest BCUT2D eigenvalue weighted by Crippen LogP contribution is 2.23. The normalized spacial score (nSPS) is 11.1. The number of halogens is 2. The lowest BCUT2D eigenvalue weighted by Crippen LogP contribution is -2.47. The second-order valence-corrected chi connectivity index (χ2v) is 7.51. The van der Waals surface area contributed by atoms with Crippen LogP contribution in [0.15, 0.2) is 27.1 Å². The minimum atomic E-state index is -0.310. The molecule has 0 atom stereocenters. The van der Waals surface area contributed by atoms with Crippen LogP contribution < -0.4 is 5.32 Å². The Kier molecular flexibility index (Phi) is 6.41. The molecular weight excluding hydrogens is 400 g/mol. The van der Waals surface area contributed by atoms with Gasteiger partial charge in [-0.25, -0.2) is 0 Å². The third-order valence-electron chi connectivity index (χ3n) is 2.68. The first-order valence-corrected chi connectivity index (χ1v) is 8.28. The van der Waals surface area contributed by atoms with Crippen molar-refractivity contribution in [2.75, 3.05) is 13.1 Å². The number of benzene rings is 1. The van der Waals surface area contributed by atoms with Gasteiger partial charge in [0, 0.05) is 21.0 Å². The molecule has 4 nitrogen and oxygen atoms in total. The van der Waals surface area contributed by atoms with Crippen LogP contribution >= 0.6 is 31.9 Å². The molecule has 2 amide bonds. The molecule has 0 aliphatic rings. The maximum atomic E-state index is 12.5. The largest absolute Gasteiger partial charge is 0.350 e. The lowest BCUT2D eigenvalue weighted by Gasteiger charge is -2.25. The lowest BCUT2D eigenvalue weighted by atomic mass is 10.1. The zero-order valence-corrected chi connectivity index (χ0v) is 15.8. The molecule has 1 N–H and O–H groups in total. The number of amides is 2. The Morgan fingerprint density at radius 3 is 2.38 bits per heavy atom. The molecule has 1 aromatic carbocycles. The molecule has 0 radical (unpaired) electrons. The van der Waals surface area contributed by atoms with Crippen molar-refractivity contribution in [1.82, 2.24) is 10.2 Å². The number of likely N-dealkylation sites (N-methyl/N-ethyl adjacent to an activating group) is 1. The fraction of sp³-hybridized carbons (Fsp3) is 0.467. The highest BCUT2D eigenvalue weighted by molar-refractivity contribution is 9.11. The van der Waals surface area contributed by atoms with E-state index in [1.165, 1.54) is 4.90 Å². The Morgan fingerprint density at radius 2 is 1.86 bits per heavy atom. The number of rotatable bonds is 4. The van der Waals surface area contributed by atoms with E-state index in [0.29, 0.717) is 16.6 Å². The number of carbonyl (C=O) groups is 2. The molecule has 0 bridgehead atoms. The quantitative estimate of drug-likeness (QED) is 0.810. The first kappa shape index (κ1) is 18.2. The minimum Gasteiger partial charge on any atom is -0.350 e. The number of nitrogens with one attached hydrogen (secondary N) is 1. The molecule has 0 saturated heterocycles. The lowest BCUT2D eigenvalue weighted by molar-refractivity contribution is -0.123. The second kappa shape index (κ2) is 7.40. The van der Waals surface area contributed by atoms with Crippen molar-refractivity contribution in [3.63, 3.8) is 0 Å². The van der Waals surface area contributed by atoms with E-state index >= 15 is 0 Å². The van der Waals surface area contributed by atoms with Crippen LogP contribution in [0.1, 0.15) is 38.1 Å². The predicted octanol–water partition coefficient (Wildman–Crippen LogP) is 3.59. The van der Waals surface area contributed by atoms with Crippen molar-refractivity contribution in [2.45, 2.75) is 33.2 Å². The van der Waals surface area contributed by atoms with E-state index in [4.69, 9.17) is 0 Å². The maximum absolute atomic E-state index is 12.5. The predicted molar refractivity (Wildman–Crippen MR) is 91.3 cm³/mol. The van der Waals surface area contributed by atoms with Gasteiger partial charge >= 0.3 is 0 Å². The molecule has 0 aromatic heterocycles. The summed E-state index contributed by atoms with van der Waals surface area (Å²) < 4.78 is 1.54. The number of hydrogen-bond acceptors (Lipinski definition) is 2. The van der Waals surface area contributed by atoms with Crippen LogP contribution in [0.3, 0.4) is 0 Å². The fourth-order valence-corrected chi connectivity index (χ4v) is 2.57. The average Bonchev–Trinajstić information content (AvgIpc) is 2.36. The summed E-state index contributed by atoms with van der Waals surface area (Å²) in [6, 6.07) is 5.40. The van der Waals surface area contributed by atoms with Crippen LogP contribution in [0.4, 0.5) is 0 Å². The van der Waals surface area contributed by atoms with Crippen LogP contribution in [0.25, 0.3) is 0 Å². The van der Waals surface area contributed by atoms with Gasteiger partial charge in [0.15, 0.2) is 0 Å². The Morgan fingerprint density at radius 1 is 1.24 bits per heavy atom. The van der Waals surface area contributed by atoms with Gasteiger partial charge in [-0.2, -0.15) is 0 Å². The molecule has 0 aliphatic carbocycles. The molecule has 0 heterocycles. The third-order valence-corrected chi connectivity index (χ3v) is 3.86. The van der Waals surface area contributed by atoms with E-state index in [2.05, 4.69) is 37.2 Å². The van der Waals surface area contributed by atoms with E-state index in [1.807, 2.05) is 33.8 Å².